The molecule has 1 aliphatic rings. The van der Waals surface area contributed by atoms with E-state index in [1.165, 1.54) is 0 Å². The van der Waals surface area contributed by atoms with Gasteiger partial charge in [-0.3, -0.25) is 9.59 Å². The van der Waals surface area contributed by atoms with E-state index in [2.05, 4.69) is 10.6 Å². The van der Waals surface area contributed by atoms with Crippen LogP contribution in [0.1, 0.15) is 30.4 Å². The van der Waals surface area contributed by atoms with Crippen LogP contribution in [0.25, 0.3) is 0 Å². The molecule has 0 unspecified atom stereocenters. The number of carbonyl (C=O) groups is 2. The molecular formula is C15H20N2O3. The van der Waals surface area contributed by atoms with Crippen molar-refractivity contribution in [2.24, 2.45) is 0 Å². The molecule has 0 saturated heterocycles. The number of aliphatic hydroxyl groups is 1. The third kappa shape index (κ3) is 3.57. The minimum atomic E-state index is -0.824. The Balaban J connectivity index is 1.88. The van der Waals surface area contributed by atoms with Crippen LogP contribution in [0.15, 0.2) is 18.2 Å². The Hall–Kier alpha value is -1.88. The van der Waals surface area contributed by atoms with Crippen molar-refractivity contribution >= 4 is 17.5 Å². The van der Waals surface area contributed by atoms with E-state index in [0.717, 1.165) is 17.5 Å². The van der Waals surface area contributed by atoms with Crippen molar-refractivity contribution in [1.29, 1.82) is 0 Å². The zero-order valence-electron chi connectivity index (χ0n) is 11.8. The quantitative estimate of drug-likeness (QED) is 0.728. The molecule has 0 atom stereocenters. The lowest BCUT2D eigenvalue weighted by molar-refractivity contribution is -0.137. The molecule has 0 heterocycles. The SMILES string of the molecule is Cc1cc(C)cc(NC(=O)C(=O)NCC2(O)CCC2)c1. The molecule has 0 aliphatic heterocycles. The number of benzene rings is 1. The van der Waals surface area contributed by atoms with E-state index < -0.39 is 17.4 Å². The lowest BCUT2D eigenvalue weighted by atomic mass is 9.80. The predicted molar refractivity (Wildman–Crippen MR) is 76.4 cm³/mol. The van der Waals surface area contributed by atoms with E-state index in [9.17, 15) is 14.7 Å². The fraction of sp³-hybridized carbons (Fsp3) is 0.467. The molecule has 0 aromatic heterocycles. The normalized spacial score (nSPS) is 16.1. The van der Waals surface area contributed by atoms with Gasteiger partial charge in [0.25, 0.3) is 0 Å². The van der Waals surface area contributed by atoms with Crippen LogP contribution in [0.3, 0.4) is 0 Å². The Morgan fingerprint density at radius 3 is 2.25 bits per heavy atom. The van der Waals surface area contributed by atoms with Crippen molar-refractivity contribution < 1.29 is 14.7 Å². The Morgan fingerprint density at radius 2 is 1.75 bits per heavy atom. The number of anilines is 1. The Kier molecular flexibility index (Phi) is 4.09. The molecule has 3 N–H and O–H groups in total. The Morgan fingerprint density at radius 1 is 1.15 bits per heavy atom. The Bertz CT molecular complexity index is 516. The maximum atomic E-state index is 11.8. The lowest BCUT2D eigenvalue weighted by Crippen LogP contribution is -2.49. The molecule has 0 spiro atoms. The highest BCUT2D eigenvalue weighted by Crippen LogP contribution is 2.30. The lowest BCUT2D eigenvalue weighted by Gasteiger charge is -2.36. The van der Waals surface area contributed by atoms with Crippen LogP contribution in [0.5, 0.6) is 0 Å². The van der Waals surface area contributed by atoms with Gasteiger partial charge < -0.3 is 15.7 Å². The summed E-state index contributed by atoms with van der Waals surface area (Å²) < 4.78 is 0. The number of nitrogens with one attached hydrogen (secondary N) is 2. The van der Waals surface area contributed by atoms with E-state index in [0.29, 0.717) is 18.5 Å². The van der Waals surface area contributed by atoms with Crippen molar-refractivity contribution in [3.8, 4) is 0 Å². The molecule has 108 valence electrons. The van der Waals surface area contributed by atoms with Gasteiger partial charge in [-0.05, 0) is 56.4 Å². The van der Waals surface area contributed by atoms with Gasteiger partial charge in [0.15, 0.2) is 0 Å². The molecule has 0 radical (unpaired) electrons. The number of hydrogen-bond acceptors (Lipinski definition) is 3. The van der Waals surface area contributed by atoms with Crippen molar-refractivity contribution in [3.63, 3.8) is 0 Å². The molecule has 2 amide bonds. The van der Waals surface area contributed by atoms with Crippen molar-refractivity contribution in [2.45, 2.75) is 38.7 Å². The van der Waals surface area contributed by atoms with E-state index in [4.69, 9.17) is 0 Å². The van der Waals surface area contributed by atoms with Gasteiger partial charge in [-0.2, -0.15) is 0 Å². The molecule has 0 bridgehead atoms. The van der Waals surface area contributed by atoms with Crippen molar-refractivity contribution in [1.82, 2.24) is 5.32 Å². The summed E-state index contributed by atoms with van der Waals surface area (Å²) in [7, 11) is 0. The third-order valence-electron chi connectivity index (χ3n) is 3.55. The van der Waals surface area contributed by atoms with Crippen LogP contribution >= 0.6 is 0 Å². The summed E-state index contributed by atoms with van der Waals surface area (Å²) in [5.74, 6) is -1.43. The smallest absolute Gasteiger partial charge is 0.313 e. The van der Waals surface area contributed by atoms with Gasteiger partial charge in [-0.1, -0.05) is 6.07 Å². The van der Waals surface area contributed by atoms with E-state index in [-0.39, 0.29) is 6.54 Å². The highest BCUT2D eigenvalue weighted by molar-refractivity contribution is 6.39. The molecule has 1 aromatic rings. The number of rotatable bonds is 3. The standard InChI is InChI=1S/C15H20N2O3/c1-10-6-11(2)8-12(7-10)17-14(19)13(18)16-9-15(20)4-3-5-15/h6-8,20H,3-5,9H2,1-2H3,(H,16,18)(H,17,19). The van der Waals surface area contributed by atoms with Crippen LogP contribution in [-0.2, 0) is 9.59 Å². The first-order chi connectivity index (χ1) is 9.38. The number of carbonyl (C=O) groups excluding carboxylic acids is 2. The summed E-state index contributed by atoms with van der Waals surface area (Å²) in [4.78, 5) is 23.4. The van der Waals surface area contributed by atoms with Gasteiger partial charge in [-0.25, -0.2) is 0 Å². The maximum Gasteiger partial charge on any atom is 0.313 e. The van der Waals surface area contributed by atoms with Gasteiger partial charge in [0.1, 0.15) is 0 Å². The highest BCUT2D eigenvalue weighted by Gasteiger charge is 2.35. The molecule has 2 rings (SSSR count). The molecule has 1 fully saturated rings. The largest absolute Gasteiger partial charge is 0.388 e. The van der Waals surface area contributed by atoms with Crippen LogP contribution in [0, 0.1) is 13.8 Å². The Labute approximate surface area is 118 Å². The molecule has 1 saturated carbocycles. The number of aryl methyl sites for hydroxylation is 2. The second-order valence-electron chi connectivity index (χ2n) is 5.59. The number of hydrogen-bond donors (Lipinski definition) is 3. The summed E-state index contributed by atoms with van der Waals surface area (Å²) in [5.41, 5.74) is 1.81. The summed E-state index contributed by atoms with van der Waals surface area (Å²) >= 11 is 0. The maximum absolute atomic E-state index is 11.8. The second-order valence-corrected chi connectivity index (χ2v) is 5.59. The third-order valence-corrected chi connectivity index (χ3v) is 3.55. The fourth-order valence-corrected chi connectivity index (χ4v) is 2.32. The topological polar surface area (TPSA) is 78.4 Å². The van der Waals surface area contributed by atoms with Gasteiger partial charge in [-0.15, -0.1) is 0 Å². The average molecular weight is 276 g/mol. The van der Waals surface area contributed by atoms with E-state index in [1.807, 2.05) is 19.9 Å². The first-order valence-corrected chi connectivity index (χ1v) is 6.78. The summed E-state index contributed by atoms with van der Waals surface area (Å²) in [6.45, 7) is 3.98. The van der Waals surface area contributed by atoms with Crippen LogP contribution in [0.2, 0.25) is 0 Å². The first-order valence-electron chi connectivity index (χ1n) is 6.78. The summed E-state index contributed by atoms with van der Waals surface area (Å²) in [6, 6.07) is 5.59. The zero-order valence-corrected chi connectivity index (χ0v) is 11.8. The first kappa shape index (κ1) is 14.5. The molecule has 5 nitrogen and oxygen atoms in total. The molecule has 5 heteroatoms. The number of amides is 2. The minimum Gasteiger partial charge on any atom is -0.388 e. The van der Waals surface area contributed by atoms with Crippen LogP contribution < -0.4 is 10.6 Å². The zero-order chi connectivity index (χ0) is 14.8. The molecular weight excluding hydrogens is 256 g/mol. The van der Waals surface area contributed by atoms with Gasteiger partial charge in [0, 0.05) is 12.2 Å². The summed E-state index contributed by atoms with van der Waals surface area (Å²) in [6.07, 6.45) is 2.30. The van der Waals surface area contributed by atoms with E-state index in [1.54, 1.807) is 12.1 Å². The monoisotopic (exact) mass is 276 g/mol. The fourth-order valence-electron chi connectivity index (χ4n) is 2.32. The molecule has 20 heavy (non-hydrogen) atoms. The molecule has 1 aliphatic carbocycles. The van der Waals surface area contributed by atoms with Gasteiger partial charge >= 0.3 is 11.8 Å². The van der Waals surface area contributed by atoms with Crippen molar-refractivity contribution in [2.75, 3.05) is 11.9 Å². The van der Waals surface area contributed by atoms with Crippen LogP contribution in [-0.4, -0.2) is 29.1 Å². The second kappa shape index (κ2) is 5.63. The van der Waals surface area contributed by atoms with Gasteiger partial charge in [0.05, 0.1) is 5.60 Å². The van der Waals surface area contributed by atoms with E-state index >= 15 is 0 Å². The predicted octanol–water partition coefficient (Wildman–Crippen LogP) is 1.27. The minimum absolute atomic E-state index is 0.131. The highest BCUT2D eigenvalue weighted by atomic mass is 16.3. The van der Waals surface area contributed by atoms with Gasteiger partial charge in [0.2, 0.25) is 0 Å². The molecule has 1 aromatic carbocycles. The van der Waals surface area contributed by atoms with Crippen molar-refractivity contribution in [3.05, 3.63) is 29.3 Å². The summed E-state index contributed by atoms with van der Waals surface area (Å²) in [5, 5.41) is 14.9. The average Bonchev–Trinajstić information content (AvgIpc) is 2.32. The van der Waals surface area contributed by atoms with Crippen LogP contribution in [0.4, 0.5) is 5.69 Å².